The molecule has 2 aromatic carbocycles. The number of methoxy groups -OCH3 is 1. The van der Waals surface area contributed by atoms with E-state index in [1.165, 1.54) is 25.3 Å². The van der Waals surface area contributed by atoms with Gasteiger partial charge in [-0.25, -0.2) is 0 Å². The van der Waals surface area contributed by atoms with E-state index in [-0.39, 0.29) is 11.3 Å². The van der Waals surface area contributed by atoms with Crippen LogP contribution in [0.3, 0.4) is 0 Å². The zero-order chi connectivity index (χ0) is 20.2. The third kappa shape index (κ3) is 4.50. The lowest BCUT2D eigenvalue weighted by Gasteiger charge is -2.20. The van der Waals surface area contributed by atoms with Crippen LogP contribution in [0.15, 0.2) is 57.7 Å². The molecule has 29 heavy (non-hydrogen) atoms. The van der Waals surface area contributed by atoms with Crippen LogP contribution in [0, 0.1) is 5.92 Å². The Morgan fingerprint density at radius 3 is 2.55 bits per heavy atom. The molecule has 1 saturated carbocycles. The summed E-state index contributed by atoms with van der Waals surface area (Å²) in [6.45, 7) is 0. The molecule has 1 aliphatic carbocycles. The highest BCUT2D eigenvalue weighted by Gasteiger charge is 2.17. The average Bonchev–Trinajstić information content (AvgIpc) is 2.74. The number of carbonyl (C=O) groups excluding carboxylic acids is 1. The number of rotatable bonds is 5. The Morgan fingerprint density at radius 1 is 1.07 bits per heavy atom. The number of benzene rings is 2. The maximum atomic E-state index is 12.5. The molecule has 0 atom stereocenters. The third-order valence-corrected chi connectivity index (χ3v) is 5.59. The molecule has 0 spiro atoms. The fourth-order valence-corrected chi connectivity index (χ4v) is 3.99. The summed E-state index contributed by atoms with van der Waals surface area (Å²) in [7, 11) is 1.56. The van der Waals surface area contributed by atoms with Gasteiger partial charge in [-0.1, -0.05) is 19.3 Å². The molecule has 4 rings (SSSR count). The highest BCUT2D eigenvalue weighted by atomic mass is 16.5. The topological polar surface area (TPSA) is 68.5 Å². The maximum absolute atomic E-state index is 12.5. The Bertz CT molecular complexity index is 1060. The molecule has 5 nitrogen and oxygen atoms in total. The smallest absolute Gasteiger partial charge is 0.224 e. The molecular weight excluding hydrogens is 366 g/mol. The van der Waals surface area contributed by atoms with Crippen LogP contribution in [-0.2, 0) is 4.79 Å². The summed E-state index contributed by atoms with van der Waals surface area (Å²) in [5.74, 6) is 1.68. The van der Waals surface area contributed by atoms with Crippen molar-refractivity contribution in [1.82, 2.24) is 0 Å². The summed E-state index contributed by atoms with van der Waals surface area (Å²) < 4.78 is 11.1. The van der Waals surface area contributed by atoms with Gasteiger partial charge in [-0.3, -0.25) is 9.59 Å². The van der Waals surface area contributed by atoms with Crippen LogP contribution < -0.4 is 15.5 Å². The highest BCUT2D eigenvalue weighted by Crippen LogP contribution is 2.28. The van der Waals surface area contributed by atoms with Gasteiger partial charge in [0.2, 0.25) is 5.91 Å². The molecule has 1 aromatic heterocycles. The number of anilines is 1. The van der Waals surface area contributed by atoms with Gasteiger partial charge >= 0.3 is 0 Å². The van der Waals surface area contributed by atoms with Crippen molar-refractivity contribution in [2.45, 2.75) is 38.5 Å². The largest absolute Gasteiger partial charge is 0.497 e. The van der Waals surface area contributed by atoms with Gasteiger partial charge in [-0.05, 0) is 61.2 Å². The van der Waals surface area contributed by atoms with Gasteiger partial charge in [-0.2, -0.15) is 0 Å². The third-order valence-electron chi connectivity index (χ3n) is 5.59. The monoisotopic (exact) mass is 391 g/mol. The van der Waals surface area contributed by atoms with Crippen molar-refractivity contribution in [2.75, 3.05) is 12.4 Å². The predicted octanol–water partition coefficient (Wildman–Crippen LogP) is 5.38. The van der Waals surface area contributed by atoms with Gasteiger partial charge in [0.15, 0.2) is 5.43 Å². The van der Waals surface area contributed by atoms with Gasteiger partial charge in [0.05, 0.1) is 12.5 Å². The van der Waals surface area contributed by atoms with E-state index in [0.29, 0.717) is 34.8 Å². The molecular formula is C24H25NO4. The molecule has 0 saturated heterocycles. The number of amides is 1. The van der Waals surface area contributed by atoms with E-state index < -0.39 is 0 Å². The van der Waals surface area contributed by atoms with Gasteiger partial charge in [-0.15, -0.1) is 0 Å². The maximum Gasteiger partial charge on any atom is 0.224 e. The number of ether oxygens (including phenoxy) is 1. The minimum atomic E-state index is -0.120. The molecule has 0 unspecified atom stereocenters. The van der Waals surface area contributed by atoms with E-state index in [9.17, 15) is 9.59 Å². The Hall–Kier alpha value is -3.08. The van der Waals surface area contributed by atoms with E-state index >= 15 is 0 Å². The molecule has 1 fully saturated rings. The summed E-state index contributed by atoms with van der Waals surface area (Å²) in [6.07, 6.45) is 6.65. The first-order valence-electron chi connectivity index (χ1n) is 10.1. The van der Waals surface area contributed by atoms with Crippen LogP contribution in [0.2, 0.25) is 0 Å². The van der Waals surface area contributed by atoms with E-state index in [4.69, 9.17) is 9.15 Å². The van der Waals surface area contributed by atoms with Gasteiger partial charge in [0.1, 0.15) is 17.1 Å². The molecule has 0 bridgehead atoms. The summed E-state index contributed by atoms with van der Waals surface area (Å²) in [6, 6.07) is 14.0. The first-order chi connectivity index (χ1) is 14.1. The minimum Gasteiger partial charge on any atom is -0.497 e. The zero-order valence-corrected chi connectivity index (χ0v) is 16.6. The van der Waals surface area contributed by atoms with Gasteiger partial charge in [0, 0.05) is 23.7 Å². The van der Waals surface area contributed by atoms with E-state index in [0.717, 1.165) is 24.1 Å². The average molecular weight is 391 g/mol. The highest BCUT2D eigenvalue weighted by molar-refractivity contribution is 5.91. The number of carbonyl (C=O) groups is 1. The van der Waals surface area contributed by atoms with Crippen LogP contribution in [0.4, 0.5) is 5.69 Å². The lowest BCUT2D eigenvalue weighted by Crippen LogP contribution is -2.18. The van der Waals surface area contributed by atoms with Crippen molar-refractivity contribution in [3.63, 3.8) is 0 Å². The number of hydrogen-bond donors (Lipinski definition) is 1. The van der Waals surface area contributed by atoms with Crippen molar-refractivity contribution in [2.24, 2.45) is 5.92 Å². The number of fused-ring (bicyclic) bond motifs is 1. The molecule has 5 heteroatoms. The Morgan fingerprint density at radius 2 is 1.83 bits per heavy atom. The van der Waals surface area contributed by atoms with Gasteiger partial charge in [0.25, 0.3) is 0 Å². The molecule has 150 valence electrons. The molecule has 1 aliphatic rings. The summed E-state index contributed by atoms with van der Waals surface area (Å²) in [5.41, 5.74) is 1.93. The predicted molar refractivity (Wildman–Crippen MR) is 114 cm³/mol. The molecule has 1 heterocycles. The van der Waals surface area contributed by atoms with Crippen LogP contribution in [-0.4, -0.2) is 13.0 Å². The second kappa shape index (κ2) is 8.52. The van der Waals surface area contributed by atoms with Crippen molar-refractivity contribution in [3.8, 4) is 17.1 Å². The lowest BCUT2D eigenvalue weighted by atomic mass is 9.87. The molecule has 0 radical (unpaired) electrons. The van der Waals surface area contributed by atoms with Gasteiger partial charge < -0.3 is 14.5 Å². The van der Waals surface area contributed by atoms with E-state index in [2.05, 4.69) is 5.32 Å². The van der Waals surface area contributed by atoms with Crippen LogP contribution in [0.1, 0.15) is 38.5 Å². The fraction of sp³-hybridized carbons (Fsp3) is 0.333. The Balaban J connectivity index is 1.48. The number of hydrogen-bond acceptors (Lipinski definition) is 4. The fourth-order valence-electron chi connectivity index (χ4n) is 3.99. The SMILES string of the molecule is COc1ccc2oc(-c3ccc(NC(=O)CC4CCCCC4)cc3)cc(=O)c2c1. The van der Waals surface area contributed by atoms with Crippen LogP contribution in [0.5, 0.6) is 5.75 Å². The molecule has 0 aliphatic heterocycles. The zero-order valence-electron chi connectivity index (χ0n) is 16.6. The van der Waals surface area contributed by atoms with Crippen molar-refractivity contribution in [3.05, 3.63) is 58.8 Å². The molecule has 3 aromatic rings. The standard InChI is InChI=1S/C24H25NO4/c1-28-19-11-12-22-20(14-19)21(26)15-23(29-22)17-7-9-18(10-8-17)25-24(27)13-16-5-3-2-4-6-16/h7-12,14-16H,2-6,13H2,1H3,(H,25,27). The lowest BCUT2D eigenvalue weighted by molar-refractivity contribution is -0.117. The quantitative estimate of drug-likeness (QED) is 0.634. The van der Waals surface area contributed by atoms with Crippen LogP contribution >= 0.6 is 0 Å². The second-order valence-electron chi connectivity index (χ2n) is 7.67. The van der Waals surface area contributed by atoms with Crippen molar-refractivity contribution < 1.29 is 13.9 Å². The van der Waals surface area contributed by atoms with Crippen molar-refractivity contribution in [1.29, 1.82) is 0 Å². The van der Waals surface area contributed by atoms with Crippen molar-refractivity contribution >= 4 is 22.6 Å². The summed E-state index contributed by atoms with van der Waals surface area (Å²) >= 11 is 0. The second-order valence-corrected chi connectivity index (χ2v) is 7.67. The first-order valence-corrected chi connectivity index (χ1v) is 10.1. The first kappa shape index (κ1) is 19.2. The van der Waals surface area contributed by atoms with Crippen LogP contribution in [0.25, 0.3) is 22.3 Å². The molecule has 1 N–H and O–H groups in total. The normalized spacial score (nSPS) is 14.7. The molecule has 1 amide bonds. The van der Waals surface area contributed by atoms with E-state index in [1.54, 1.807) is 25.3 Å². The van der Waals surface area contributed by atoms with E-state index in [1.807, 2.05) is 24.3 Å². The Labute approximate surface area is 169 Å². The summed E-state index contributed by atoms with van der Waals surface area (Å²) in [4.78, 5) is 24.8. The number of nitrogens with one attached hydrogen (secondary N) is 1. The minimum absolute atomic E-state index is 0.0656. The Kier molecular flexibility index (Phi) is 5.65. The summed E-state index contributed by atoms with van der Waals surface area (Å²) in [5, 5.41) is 3.46.